The quantitative estimate of drug-likeness (QED) is 0.203. The number of benzene rings is 2. The molecule has 0 saturated heterocycles. The van der Waals surface area contributed by atoms with E-state index in [0.717, 1.165) is 12.1 Å². The number of hydrogen-bond acceptors (Lipinski definition) is 7. The standard InChI is InChI=1S/C20H25Cl2N2O8PS.H3O4P/c1-5-12-8-14(34(29,30)24(6-2)7-3)11-17(18(12)31-4)23-20(25)13-9-15(21)19(16(22)10-13)32-33(26,27)28;1-5(2,3)4/h8-11H,5-7H2,1-4H3,(H,23,25)(H2,26,27,28);(H3,1,2,3,4). The van der Waals surface area contributed by atoms with E-state index in [0.29, 0.717) is 12.0 Å². The van der Waals surface area contributed by atoms with Gasteiger partial charge < -0.3 is 29.3 Å². The topological polar surface area (TPSA) is 220 Å². The van der Waals surface area contributed by atoms with Crippen LogP contribution in [0.15, 0.2) is 29.2 Å². The number of carbonyl (C=O) groups is 1. The predicted molar refractivity (Wildman–Crippen MR) is 144 cm³/mol. The molecular weight excluding hydrogens is 625 g/mol. The molecule has 39 heavy (non-hydrogen) atoms. The van der Waals surface area contributed by atoms with E-state index in [9.17, 15) is 17.8 Å². The molecule has 0 saturated carbocycles. The molecule has 6 N–H and O–H groups in total. The van der Waals surface area contributed by atoms with Gasteiger partial charge in [0.1, 0.15) is 5.75 Å². The number of nitrogens with one attached hydrogen (secondary N) is 1. The van der Waals surface area contributed by atoms with Crippen LogP contribution in [0, 0.1) is 0 Å². The summed E-state index contributed by atoms with van der Waals surface area (Å²) in [4.78, 5) is 52.5. The largest absolute Gasteiger partial charge is 0.524 e. The van der Waals surface area contributed by atoms with Crippen LogP contribution in [0.2, 0.25) is 10.0 Å². The SMILES string of the molecule is CCc1cc(S(=O)(=O)N(CC)CC)cc(NC(=O)c2cc(Cl)c(OP(=O)(O)O)c(Cl)c2)c1OC.O=P(O)(O)O. The molecule has 19 heteroatoms. The molecule has 0 aliphatic carbocycles. The van der Waals surface area contributed by atoms with Gasteiger partial charge in [0.05, 0.1) is 27.7 Å². The van der Waals surface area contributed by atoms with Gasteiger partial charge in [-0.25, -0.2) is 17.5 Å². The zero-order valence-electron chi connectivity index (χ0n) is 21.0. The molecule has 0 spiro atoms. The number of halogens is 2. The Morgan fingerprint density at radius 1 is 0.949 bits per heavy atom. The number of anilines is 1. The maximum atomic E-state index is 13.1. The van der Waals surface area contributed by atoms with E-state index < -0.39 is 37.3 Å². The first kappa shape index (κ1) is 35.3. The van der Waals surface area contributed by atoms with Crippen LogP contribution in [0.25, 0.3) is 0 Å². The number of phosphoric acid groups is 2. The minimum atomic E-state index is -4.94. The van der Waals surface area contributed by atoms with E-state index >= 15 is 0 Å². The number of carbonyl (C=O) groups excluding carboxylic acids is 1. The Labute approximate surface area is 235 Å². The number of methoxy groups -OCH3 is 1. The molecule has 0 aliphatic rings. The van der Waals surface area contributed by atoms with Crippen LogP contribution in [-0.2, 0) is 25.6 Å². The Morgan fingerprint density at radius 3 is 1.82 bits per heavy atom. The number of rotatable bonds is 10. The molecule has 1 amide bonds. The van der Waals surface area contributed by atoms with Crippen molar-refractivity contribution in [2.24, 2.45) is 0 Å². The molecule has 0 heterocycles. The van der Waals surface area contributed by atoms with Crippen LogP contribution in [0.4, 0.5) is 5.69 Å². The third kappa shape index (κ3) is 10.6. The first-order valence-electron chi connectivity index (χ1n) is 10.8. The number of phosphoric ester groups is 1. The van der Waals surface area contributed by atoms with Gasteiger partial charge >= 0.3 is 15.6 Å². The normalized spacial score (nSPS) is 12.0. The fourth-order valence-electron chi connectivity index (χ4n) is 3.21. The van der Waals surface area contributed by atoms with Gasteiger partial charge in [-0.3, -0.25) is 14.6 Å². The zero-order chi connectivity index (χ0) is 30.3. The van der Waals surface area contributed by atoms with Crippen molar-refractivity contribution >= 4 is 60.5 Å². The average molecular weight is 653 g/mol. The average Bonchev–Trinajstić information content (AvgIpc) is 2.79. The molecule has 0 fully saturated rings. The second-order valence-electron chi connectivity index (χ2n) is 7.42. The number of aryl methyl sites for hydroxylation is 1. The highest BCUT2D eigenvalue weighted by atomic mass is 35.5. The van der Waals surface area contributed by atoms with Crippen LogP contribution in [-0.4, -0.2) is 63.3 Å². The highest BCUT2D eigenvalue weighted by Crippen LogP contribution is 2.45. The first-order valence-corrected chi connectivity index (χ1v) is 16.1. The summed E-state index contributed by atoms with van der Waals surface area (Å²) < 4.78 is 57.3. The van der Waals surface area contributed by atoms with E-state index in [2.05, 4.69) is 9.84 Å². The van der Waals surface area contributed by atoms with Crippen molar-refractivity contribution in [2.45, 2.75) is 32.1 Å². The second kappa shape index (κ2) is 14.2. The summed E-state index contributed by atoms with van der Waals surface area (Å²) in [6.07, 6.45) is 0.430. The number of hydrogen-bond donors (Lipinski definition) is 6. The number of nitrogens with zero attached hydrogens (tertiary/aromatic N) is 1. The molecule has 0 radical (unpaired) electrons. The van der Waals surface area contributed by atoms with Gasteiger partial charge in [-0.05, 0) is 36.2 Å². The second-order valence-corrected chi connectivity index (χ2v) is 12.4. The molecule has 2 aromatic rings. The Kier molecular flexibility index (Phi) is 12.9. The van der Waals surface area contributed by atoms with Crippen molar-refractivity contribution in [3.63, 3.8) is 0 Å². The highest BCUT2D eigenvalue weighted by Gasteiger charge is 2.26. The minimum absolute atomic E-state index is 0.00870. The van der Waals surface area contributed by atoms with Gasteiger partial charge in [0.25, 0.3) is 5.91 Å². The van der Waals surface area contributed by atoms with Gasteiger partial charge in [-0.1, -0.05) is 44.0 Å². The Balaban J connectivity index is 0.00000139. The van der Waals surface area contributed by atoms with E-state index in [-0.39, 0.29) is 45.0 Å². The Bertz CT molecular complexity index is 1360. The third-order valence-electron chi connectivity index (χ3n) is 4.79. The fraction of sp³-hybridized carbons (Fsp3) is 0.350. The highest BCUT2D eigenvalue weighted by molar-refractivity contribution is 7.89. The van der Waals surface area contributed by atoms with Crippen molar-refractivity contribution < 1.29 is 56.1 Å². The van der Waals surface area contributed by atoms with E-state index in [1.165, 1.54) is 23.5 Å². The van der Waals surface area contributed by atoms with Crippen LogP contribution in [0.5, 0.6) is 11.5 Å². The smallest absolute Gasteiger partial charge is 0.494 e. The maximum absolute atomic E-state index is 13.1. The van der Waals surface area contributed by atoms with Crippen molar-refractivity contribution in [3.8, 4) is 11.5 Å². The minimum Gasteiger partial charge on any atom is -0.494 e. The molecule has 0 aromatic heterocycles. The Morgan fingerprint density at radius 2 is 1.44 bits per heavy atom. The van der Waals surface area contributed by atoms with Gasteiger partial charge in [0.2, 0.25) is 10.0 Å². The lowest BCUT2D eigenvalue weighted by molar-refractivity contribution is 0.102. The van der Waals surface area contributed by atoms with Crippen molar-refractivity contribution in [1.29, 1.82) is 0 Å². The lowest BCUT2D eigenvalue weighted by Crippen LogP contribution is -2.30. The number of ether oxygens (including phenoxy) is 1. The number of sulfonamides is 1. The van der Waals surface area contributed by atoms with Gasteiger partial charge in [-0.15, -0.1) is 0 Å². The molecule has 0 bridgehead atoms. The third-order valence-corrected chi connectivity index (χ3v) is 7.80. The molecule has 2 aromatic carbocycles. The summed E-state index contributed by atoms with van der Waals surface area (Å²) >= 11 is 12.0. The fourth-order valence-corrected chi connectivity index (χ4v) is 5.85. The maximum Gasteiger partial charge on any atom is 0.524 e. The summed E-state index contributed by atoms with van der Waals surface area (Å²) in [6.45, 7) is 5.81. The molecule has 14 nitrogen and oxygen atoms in total. The summed E-state index contributed by atoms with van der Waals surface area (Å²) in [5.41, 5.74) is 0.609. The van der Waals surface area contributed by atoms with Crippen LogP contribution >= 0.6 is 38.8 Å². The summed E-state index contributed by atoms with van der Waals surface area (Å²) in [6, 6.07) is 5.02. The van der Waals surface area contributed by atoms with Gasteiger partial charge in [-0.2, -0.15) is 4.31 Å². The van der Waals surface area contributed by atoms with Crippen molar-refractivity contribution in [3.05, 3.63) is 45.4 Å². The molecule has 2 rings (SSSR count). The predicted octanol–water partition coefficient (Wildman–Crippen LogP) is 3.39. The molecule has 0 aliphatic heterocycles. The van der Waals surface area contributed by atoms with E-state index in [1.54, 1.807) is 13.8 Å². The lowest BCUT2D eigenvalue weighted by atomic mass is 10.1. The van der Waals surface area contributed by atoms with Crippen LogP contribution in [0.3, 0.4) is 0 Å². The molecular formula is C20H28Cl2N2O12P2S. The molecule has 0 unspecified atom stereocenters. The van der Waals surface area contributed by atoms with Crippen molar-refractivity contribution in [2.75, 3.05) is 25.5 Å². The van der Waals surface area contributed by atoms with Gasteiger partial charge in [0.15, 0.2) is 5.75 Å². The van der Waals surface area contributed by atoms with Gasteiger partial charge in [0, 0.05) is 18.7 Å². The van der Waals surface area contributed by atoms with E-state index in [4.69, 9.17) is 57.0 Å². The summed E-state index contributed by atoms with van der Waals surface area (Å²) in [5.74, 6) is -0.913. The van der Waals surface area contributed by atoms with E-state index in [1.807, 2.05) is 6.92 Å². The lowest BCUT2D eigenvalue weighted by Gasteiger charge is -2.21. The monoisotopic (exact) mass is 652 g/mol. The number of amides is 1. The van der Waals surface area contributed by atoms with Crippen LogP contribution in [0.1, 0.15) is 36.7 Å². The summed E-state index contributed by atoms with van der Waals surface area (Å²) in [5, 5.41) is 1.99. The summed E-state index contributed by atoms with van der Waals surface area (Å²) in [7, 11) is -12.0. The van der Waals surface area contributed by atoms with Crippen LogP contribution < -0.4 is 14.6 Å². The first-order chi connectivity index (χ1) is 17.8. The van der Waals surface area contributed by atoms with Crippen molar-refractivity contribution in [1.82, 2.24) is 4.31 Å². The molecule has 220 valence electrons. The molecule has 0 atom stereocenters. The Hall–Kier alpha value is -1.74. The zero-order valence-corrected chi connectivity index (χ0v) is 25.1.